The normalized spacial score (nSPS) is 10.8. The van der Waals surface area contributed by atoms with Crippen LogP contribution in [0.3, 0.4) is 0 Å². The lowest BCUT2D eigenvalue weighted by Crippen LogP contribution is -2.28. The smallest absolute Gasteiger partial charge is 0.317 e. The van der Waals surface area contributed by atoms with E-state index in [9.17, 15) is 4.79 Å². The van der Waals surface area contributed by atoms with Crippen LogP contribution >= 0.6 is 22.9 Å². The second-order valence-corrected chi connectivity index (χ2v) is 4.50. The summed E-state index contributed by atoms with van der Waals surface area (Å²) in [5.74, 6) is -0.825. The standard InChI is InChI=1S/C8H11ClN2O2S/c1-2-11(5-8(12)13)4-7-10-3-6(9)14-7/h3H,2,4-5H2,1H3,(H,12,13). The molecule has 1 aromatic rings. The second kappa shape index (κ2) is 5.29. The van der Waals surface area contributed by atoms with Gasteiger partial charge in [-0.3, -0.25) is 9.69 Å². The van der Waals surface area contributed by atoms with Crippen LogP contribution < -0.4 is 0 Å². The van der Waals surface area contributed by atoms with Gasteiger partial charge < -0.3 is 5.11 Å². The van der Waals surface area contributed by atoms with Crippen molar-refractivity contribution in [1.82, 2.24) is 9.88 Å². The van der Waals surface area contributed by atoms with E-state index >= 15 is 0 Å². The van der Waals surface area contributed by atoms with Gasteiger partial charge in [0.25, 0.3) is 0 Å². The van der Waals surface area contributed by atoms with Gasteiger partial charge in [0, 0.05) is 0 Å². The molecule has 0 aromatic carbocycles. The molecule has 0 aliphatic carbocycles. The number of nitrogens with zero attached hydrogens (tertiary/aromatic N) is 2. The molecule has 78 valence electrons. The Bertz CT molecular complexity index is 316. The molecule has 14 heavy (non-hydrogen) atoms. The Balaban J connectivity index is 2.52. The van der Waals surface area contributed by atoms with Crippen LogP contribution in [0.5, 0.6) is 0 Å². The van der Waals surface area contributed by atoms with Crippen molar-refractivity contribution in [1.29, 1.82) is 0 Å². The number of hydrogen-bond donors (Lipinski definition) is 1. The van der Waals surface area contributed by atoms with Crippen molar-refractivity contribution in [2.24, 2.45) is 0 Å². The minimum absolute atomic E-state index is 0.0354. The first-order valence-corrected chi connectivity index (χ1v) is 5.35. The molecule has 0 aliphatic heterocycles. The number of carbonyl (C=O) groups is 1. The van der Waals surface area contributed by atoms with Crippen molar-refractivity contribution in [2.45, 2.75) is 13.5 Å². The van der Waals surface area contributed by atoms with Crippen LogP contribution in [0.25, 0.3) is 0 Å². The van der Waals surface area contributed by atoms with Crippen LogP contribution in [0.2, 0.25) is 4.34 Å². The van der Waals surface area contributed by atoms with Crippen LogP contribution in [0.4, 0.5) is 0 Å². The Hall–Kier alpha value is -0.650. The number of aliphatic carboxylic acids is 1. The summed E-state index contributed by atoms with van der Waals surface area (Å²) in [6, 6.07) is 0. The molecule has 0 saturated carbocycles. The molecule has 0 aliphatic rings. The minimum atomic E-state index is -0.825. The molecule has 1 aromatic heterocycles. The summed E-state index contributed by atoms with van der Waals surface area (Å²) in [7, 11) is 0. The van der Waals surface area contributed by atoms with Gasteiger partial charge in [-0.15, -0.1) is 11.3 Å². The van der Waals surface area contributed by atoms with Crippen LogP contribution in [0.15, 0.2) is 6.20 Å². The van der Waals surface area contributed by atoms with Gasteiger partial charge in [0.1, 0.15) is 9.34 Å². The first kappa shape index (κ1) is 11.4. The van der Waals surface area contributed by atoms with E-state index in [-0.39, 0.29) is 6.54 Å². The number of halogens is 1. The summed E-state index contributed by atoms with van der Waals surface area (Å²) < 4.78 is 0.631. The van der Waals surface area contributed by atoms with Crippen molar-refractivity contribution >= 4 is 28.9 Å². The summed E-state index contributed by atoms with van der Waals surface area (Å²) in [5.41, 5.74) is 0. The maximum Gasteiger partial charge on any atom is 0.317 e. The lowest BCUT2D eigenvalue weighted by atomic mass is 10.4. The van der Waals surface area contributed by atoms with Crippen LogP contribution in [0, 0.1) is 0 Å². The highest BCUT2D eigenvalue weighted by molar-refractivity contribution is 7.15. The van der Waals surface area contributed by atoms with Crippen LogP contribution in [-0.4, -0.2) is 34.0 Å². The Kier molecular flexibility index (Phi) is 4.31. The highest BCUT2D eigenvalue weighted by Crippen LogP contribution is 2.19. The molecule has 0 radical (unpaired) electrons. The van der Waals surface area contributed by atoms with Gasteiger partial charge in [-0.25, -0.2) is 4.98 Å². The highest BCUT2D eigenvalue weighted by Gasteiger charge is 2.10. The van der Waals surface area contributed by atoms with Crippen molar-refractivity contribution in [3.05, 3.63) is 15.5 Å². The van der Waals surface area contributed by atoms with Crippen molar-refractivity contribution in [3.8, 4) is 0 Å². The Morgan fingerprint density at radius 2 is 2.50 bits per heavy atom. The summed E-state index contributed by atoms with van der Waals surface area (Å²) in [6.07, 6.45) is 1.58. The quantitative estimate of drug-likeness (QED) is 0.843. The fourth-order valence-electron chi connectivity index (χ4n) is 1.02. The van der Waals surface area contributed by atoms with Crippen molar-refractivity contribution in [3.63, 3.8) is 0 Å². The molecule has 1 rings (SSSR count). The van der Waals surface area contributed by atoms with Gasteiger partial charge in [-0.1, -0.05) is 18.5 Å². The third-order valence-electron chi connectivity index (χ3n) is 1.69. The maximum absolute atomic E-state index is 10.5. The van der Waals surface area contributed by atoms with Gasteiger partial charge >= 0.3 is 5.97 Å². The first-order valence-electron chi connectivity index (χ1n) is 4.16. The molecular formula is C8H11ClN2O2S. The summed E-state index contributed by atoms with van der Waals surface area (Å²) in [6.45, 7) is 3.18. The summed E-state index contributed by atoms with van der Waals surface area (Å²) >= 11 is 7.09. The molecule has 0 fully saturated rings. The topological polar surface area (TPSA) is 53.4 Å². The Morgan fingerprint density at radius 1 is 1.79 bits per heavy atom. The molecule has 0 spiro atoms. The predicted octanol–water partition coefficient (Wildman–Crippen LogP) is 1.70. The zero-order valence-electron chi connectivity index (χ0n) is 7.73. The number of aromatic nitrogens is 1. The molecule has 6 heteroatoms. The van der Waals surface area contributed by atoms with E-state index in [4.69, 9.17) is 16.7 Å². The molecule has 0 bridgehead atoms. The maximum atomic E-state index is 10.5. The number of rotatable bonds is 5. The first-order chi connectivity index (χ1) is 6.61. The van der Waals surface area contributed by atoms with Crippen LogP contribution in [0.1, 0.15) is 11.9 Å². The molecule has 1 heterocycles. The second-order valence-electron chi connectivity index (χ2n) is 2.76. The van der Waals surface area contributed by atoms with E-state index in [0.29, 0.717) is 17.4 Å². The summed E-state index contributed by atoms with van der Waals surface area (Å²) in [4.78, 5) is 16.3. The Morgan fingerprint density at radius 3 is 2.93 bits per heavy atom. The largest absolute Gasteiger partial charge is 0.480 e. The lowest BCUT2D eigenvalue weighted by molar-refractivity contribution is -0.138. The monoisotopic (exact) mass is 234 g/mol. The fourth-order valence-corrected chi connectivity index (χ4v) is 2.02. The van der Waals surface area contributed by atoms with Crippen molar-refractivity contribution in [2.75, 3.05) is 13.1 Å². The molecule has 1 N–H and O–H groups in total. The zero-order chi connectivity index (χ0) is 10.6. The minimum Gasteiger partial charge on any atom is -0.480 e. The summed E-state index contributed by atoms with van der Waals surface area (Å²) in [5, 5.41) is 9.46. The average Bonchev–Trinajstić information content (AvgIpc) is 2.49. The number of carboxylic acid groups (broad SMARTS) is 1. The van der Waals surface area contributed by atoms with E-state index in [1.54, 1.807) is 11.1 Å². The van der Waals surface area contributed by atoms with Gasteiger partial charge in [-0.2, -0.15) is 0 Å². The fraction of sp³-hybridized carbons (Fsp3) is 0.500. The van der Waals surface area contributed by atoms with Gasteiger partial charge in [0.05, 0.1) is 19.3 Å². The molecular weight excluding hydrogens is 224 g/mol. The molecule has 0 unspecified atom stereocenters. The van der Waals surface area contributed by atoms with E-state index in [1.807, 2.05) is 6.92 Å². The molecule has 0 amide bonds. The number of thiazole rings is 1. The molecule has 4 nitrogen and oxygen atoms in total. The van der Waals surface area contributed by atoms with E-state index in [1.165, 1.54) is 11.3 Å². The van der Waals surface area contributed by atoms with Crippen molar-refractivity contribution < 1.29 is 9.90 Å². The average molecular weight is 235 g/mol. The molecule has 0 saturated heterocycles. The van der Waals surface area contributed by atoms with Gasteiger partial charge in [0.15, 0.2) is 0 Å². The lowest BCUT2D eigenvalue weighted by Gasteiger charge is -2.15. The third-order valence-corrected chi connectivity index (χ3v) is 2.79. The highest BCUT2D eigenvalue weighted by atomic mass is 35.5. The van der Waals surface area contributed by atoms with E-state index < -0.39 is 5.97 Å². The predicted molar refractivity (Wildman–Crippen MR) is 55.7 cm³/mol. The number of hydrogen-bond acceptors (Lipinski definition) is 4. The third kappa shape index (κ3) is 3.61. The SMILES string of the molecule is CCN(CC(=O)O)Cc1ncc(Cl)s1. The van der Waals surface area contributed by atoms with Gasteiger partial charge in [0.2, 0.25) is 0 Å². The van der Waals surface area contributed by atoms with E-state index in [2.05, 4.69) is 4.98 Å². The van der Waals surface area contributed by atoms with E-state index in [0.717, 1.165) is 5.01 Å². The zero-order valence-corrected chi connectivity index (χ0v) is 9.31. The Labute approximate surface area is 91.1 Å². The molecule has 0 atom stereocenters. The van der Waals surface area contributed by atoms with Crippen LogP contribution in [-0.2, 0) is 11.3 Å². The number of likely N-dealkylation sites (N-methyl/N-ethyl adjacent to an activating group) is 1. The van der Waals surface area contributed by atoms with Gasteiger partial charge in [-0.05, 0) is 6.54 Å². The number of carboxylic acids is 1.